The monoisotopic (exact) mass is 361 g/mol. The van der Waals surface area contributed by atoms with E-state index < -0.39 is 11.9 Å². The van der Waals surface area contributed by atoms with Gasteiger partial charge in [-0.15, -0.1) is 0 Å². The number of urea groups is 1. The van der Waals surface area contributed by atoms with E-state index >= 15 is 0 Å². The second-order valence-corrected chi connectivity index (χ2v) is 7.37. The number of amides is 3. The minimum atomic E-state index is -0.877. The molecule has 2 atom stereocenters. The SMILES string of the molecule is Cc1ccc(NC(=O)N2CC(C)CC(C(=O)O)C2)cc1C(=O)NC(C)C. The van der Waals surface area contributed by atoms with Crippen molar-refractivity contribution < 1.29 is 19.5 Å². The van der Waals surface area contributed by atoms with Crippen LogP contribution in [0.5, 0.6) is 0 Å². The highest BCUT2D eigenvalue weighted by Gasteiger charge is 2.32. The number of nitrogens with zero attached hydrogens (tertiary/aromatic N) is 1. The topological polar surface area (TPSA) is 98.7 Å². The Hall–Kier alpha value is -2.57. The number of aryl methyl sites for hydroxylation is 1. The van der Waals surface area contributed by atoms with Gasteiger partial charge < -0.3 is 20.6 Å². The molecule has 1 saturated heterocycles. The first-order valence-electron chi connectivity index (χ1n) is 8.87. The highest BCUT2D eigenvalue weighted by atomic mass is 16.4. The Labute approximate surface area is 153 Å². The first-order chi connectivity index (χ1) is 12.2. The van der Waals surface area contributed by atoms with Crippen molar-refractivity contribution in [2.24, 2.45) is 11.8 Å². The van der Waals surface area contributed by atoms with Gasteiger partial charge in [0.05, 0.1) is 5.92 Å². The molecule has 2 unspecified atom stereocenters. The highest BCUT2D eigenvalue weighted by molar-refractivity contribution is 5.98. The molecule has 3 N–H and O–H groups in total. The highest BCUT2D eigenvalue weighted by Crippen LogP contribution is 2.23. The molecule has 0 saturated carbocycles. The van der Waals surface area contributed by atoms with Gasteiger partial charge in [0.1, 0.15) is 0 Å². The summed E-state index contributed by atoms with van der Waals surface area (Å²) in [5.41, 5.74) is 1.84. The molecule has 1 fully saturated rings. The molecule has 1 heterocycles. The van der Waals surface area contributed by atoms with Gasteiger partial charge >= 0.3 is 12.0 Å². The van der Waals surface area contributed by atoms with Gasteiger partial charge in [-0.25, -0.2) is 4.79 Å². The molecule has 0 bridgehead atoms. The Balaban J connectivity index is 2.11. The van der Waals surface area contributed by atoms with Crippen molar-refractivity contribution in [3.63, 3.8) is 0 Å². The molecule has 7 heteroatoms. The first-order valence-corrected chi connectivity index (χ1v) is 8.87. The van der Waals surface area contributed by atoms with Crippen molar-refractivity contribution in [2.75, 3.05) is 18.4 Å². The van der Waals surface area contributed by atoms with E-state index in [0.717, 1.165) is 5.56 Å². The average molecular weight is 361 g/mol. The van der Waals surface area contributed by atoms with Crippen molar-refractivity contribution in [1.82, 2.24) is 10.2 Å². The predicted octanol–water partition coefficient (Wildman–Crippen LogP) is 2.71. The fraction of sp³-hybridized carbons (Fsp3) is 0.526. The lowest BCUT2D eigenvalue weighted by Crippen LogP contribution is -2.47. The molecule has 7 nitrogen and oxygen atoms in total. The Morgan fingerprint density at radius 2 is 1.92 bits per heavy atom. The zero-order valence-corrected chi connectivity index (χ0v) is 15.7. The van der Waals surface area contributed by atoms with Crippen LogP contribution in [-0.2, 0) is 4.79 Å². The van der Waals surface area contributed by atoms with E-state index in [0.29, 0.717) is 24.2 Å². The number of aliphatic carboxylic acids is 1. The Morgan fingerprint density at radius 1 is 1.23 bits per heavy atom. The molecular weight excluding hydrogens is 334 g/mol. The molecule has 0 aliphatic carbocycles. The third kappa shape index (κ3) is 4.97. The smallest absolute Gasteiger partial charge is 0.321 e. The number of carbonyl (C=O) groups excluding carboxylic acids is 2. The molecule has 142 valence electrons. The molecule has 0 spiro atoms. The summed E-state index contributed by atoms with van der Waals surface area (Å²) in [7, 11) is 0. The summed E-state index contributed by atoms with van der Waals surface area (Å²) >= 11 is 0. The summed E-state index contributed by atoms with van der Waals surface area (Å²) in [5, 5.41) is 14.9. The van der Waals surface area contributed by atoms with E-state index in [1.807, 2.05) is 27.7 Å². The van der Waals surface area contributed by atoms with Crippen molar-refractivity contribution in [1.29, 1.82) is 0 Å². The molecule has 26 heavy (non-hydrogen) atoms. The van der Waals surface area contributed by atoms with Gasteiger partial charge in [-0.3, -0.25) is 9.59 Å². The third-order valence-electron chi connectivity index (χ3n) is 4.45. The van der Waals surface area contributed by atoms with E-state index in [9.17, 15) is 19.5 Å². The van der Waals surface area contributed by atoms with E-state index in [-0.39, 0.29) is 30.4 Å². The lowest BCUT2D eigenvalue weighted by atomic mass is 9.91. The third-order valence-corrected chi connectivity index (χ3v) is 4.45. The van der Waals surface area contributed by atoms with Gasteiger partial charge in [0, 0.05) is 30.4 Å². The predicted molar refractivity (Wildman–Crippen MR) is 99.3 cm³/mol. The van der Waals surface area contributed by atoms with Crippen LogP contribution in [-0.4, -0.2) is 47.0 Å². The maximum atomic E-state index is 12.5. The van der Waals surface area contributed by atoms with E-state index in [1.54, 1.807) is 18.2 Å². The summed E-state index contributed by atoms with van der Waals surface area (Å²) in [4.78, 5) is 37.6. The van der Waals surface area contributed by atoms with Crippen molar-refractivity contribution in [3.8, 4) is 0 Å². The van der Waals surface area contributed by atoms with Crippen molar-refractivity contribution >= 4 is 23.6 Å². The molecule has 1 aliphatic rings. The van der Waals surface area contributed by atoms with Crippen LogP contribution in [0, 0.1) is 18.8 Å². The number of carboxylic acid groups (broad SMARTS) is 1. The second-order valence-electron chi connectivity index (χ2n) is 7.37. The maximum absolute atomic E-state index is 12.5. The Kier molecular flexibility index (Phi) is 6.23. The van der Waals surface area contributed by atoms with Crippen LogP contribution in [0.1, 0.15) is 43.1 Å². The van der Waals surface area contributed by atoms with Crippen LogP contribution in [0.3, 0.4) is 0 Å². The fourth-order valence-electron chi connectivity index (χ4n) is 3.18. The van der Waals surface area contributed by atoms with E-state index in [2.05, 4.69) is 10.6 Å². The summed E-state index contributed by atoms with van der Waals surface area (Å²) in [6.07, 6.45) is 0.573. The van der Waals surface area contributed by atoms with Crippen molar-refractivity contribution in [3.05, 3.63) is 29.3 Å². The summed E-state index contributed by atoms with van der Waals surface area (Å²) < 4.78 is 0. The number of nitrogens with one attached hydrogen (secondary N) is 2. The van der Waals surface area contributed by atoms with E-state index in [1.165, 1.54) is 4.90 Å². The lowest BCUT2D eigenvalue weighted by Gasteiger charge is -2.34. The number of hydrogen-bond donors (Lipinski definition) is 3. The minimum Gasteiger partial charge on any atom is -0.481 e. The summed E-state index contributed by atoms with van der Waals surface area (Å²) in [5.74, 6) is -1.49. The number of carbonyl (C=O) groups is 3. The minimum absolute atomic E-state index is 0.0166. The van der Waals surface area contributed by atoms with Crippen LogP contribution >= 0.6 is 0 Å². The molecule has 1 aromatic carbocycles. The second kappa shape index (κ2) is 8.21. The van der Waals surface area contributed by atoms with Crippen molar-refractivity contribution in [2.45, 2.75) is 40.2 Å². The molecule has 1 aliphatic heterocycles. The number of benzene rings is 1. The number of anilines is 1. The Morgan fingerprint density at radius 3 is 2.54 bits per heavy atom. The number of piperidine rings is 1. The van der Waals surface area contributed by atoms with Gasteiger partial charge in [-0.1, -0.05) is 13.0 Å². The summed E-state index contributed by atoms with van der Waals surface area (Å²) in [6.45, 7) is 8.25. The molecule has 1 aromatic rings. The average Bonchev–Trinajstić information content (AvgIpc) is 2.55. The first kappa shape index (κ1) is 19.8. The molecule has 2 rings (SSSR count). The zero-order valence-electron chi connectivity index (χ0n) is 15.7. The van der Waals surface area contributed by atoms with Crippen LogP contribution in [0.15, 0.2) is 18.2 Å². The number of hydrogen-bond acceptors (Lipinski definition) is 3. The van der Waals surface area contributed by atoms with Gasteiger partial charge in [-0.05, 0) is 50.8 Å². The largest absolute Gasteiger partial charge is 0.481 e. The van der Waals surface area contributed by atoms with Gasteiger partial charge in [-0.2, -0.15) is 0 Å². The van der Waals surface area contributed by atoms with Crippen LogP contribution in [0.4, 0.5) is 10.5 Å². The van der Waals surface area contributed by atoms with Crippen LogP contribution in [0.2, 0.25) is 0 Å². The molecule has 3 amide bonds. The quantitative estimate of drug-likeness (QED) is 0.768. The van der Waals surface area contributed by atoms with Gasteiger partial charge in [0.15, 0.2) is 0 Å². The number of rotatable bonds is 4. The molecular formula is C19H27N3O4. The number of carboxylic acids is 1. The Bertz CT molecular complexity index is 702. The van der Waals surface area contributed by atoms with Gasteiger partial charge in [0.2, 0.25) is 0 Å². The maximum Gasteiger partial charge on any atom is 0.321 e. The molecule has 0 aromatic heterocycles. The summed E-state index contributed by atoms with van der Waals surface area (Å²) in [6, 6.07) is 4.84. The number of likely N-dealkylation sites (tertiary alicyclic amines) is 1. The zero-order chi connectivity index (χ0) is 19.4. The van der Waals surface area contributed by atoms with Gasteiger partial charge in [0.25, 0.3) is 5.91 Å². The standard InChI is InChI=1S/C19H27N3O4/c1-11(2)20-17(23)16-8-15(6-5-13(16)4)21-19(26)22-9-12(3)7-14(10-22)18(24)25/h5-6,8,11-12,14H,7,9-10H2,1-4H3,(H,20,23)(H,21,26)(H,24,25). The van der Waals surface area contributed by atoms with E-state index in [4.69, 9.17) is 0 Å². The van der Waals surface area contributed by atoms with Crippen LogP contribution < -0.4 is 10.6 Å². The normalized spacial score (nSPS) is 20.0. The van der Waals surface area contributed by atoms with Crippen LogP contribution in [0.25, 0.3) is 0 Å². The lowest BCUT2D eigenvalue weighted by molar-refractivity contribution is -0.143. The molecule has 0 radical (unpaired) electrons. The fourth-order valence-corrected chi connectivity index (χ4v) is 3.18.